The highest BCUT2D eigenvalue weighted by Crippen LogP contribution is 2.08. The lowest BCUT2D eigenvalue weighted by atomic mass is 10.2. The van der Waals surface area contributed by atoms with Gasteiger partial charge in [0.25, 0.3) is 0 Å². The molecule has 0 N–H and O–H groups in total. The summed E-state index contributed by atoms with van der Waals surface area (Å²) < 4.78 is 5.15. The van der Waals surface area contributed by atoms with Gasteiger partial charge in [-0.05, 0) is 6.08 Å². The number of rotatable bonds is 1. The summed E-state index contributed by atoms with van der Waals surface area (Å²) in [5, 5.41) is 0. The Morgan fingerprint density at radius 3 is 2.67 bits per heavy atom. The summed E-state index contributed by atoms with van der Waals surface area (Å²) in [5.41, 5.74) is 1.39. The van der Waals surface area contributed by atoms with Crippen molar-refractivity contribution in [2.45, 2.75) is 6.42 Å². The molecule has 1 rings (SSSR count). The summed E-state index contributed by atoms with van der Waals surface area (Å²) in [4.78, 5) is 2.14. The van der Waals surface area contributed by atoms with Gasteiger partial charge < -0.3 is 9.64 Å². The lowest BCUT2D eigenvalue weighted by Gasteiger charge is -2.20. The van der Waals surface area contributed by atoms with Gasteiger partial charge in [0.2, 0.25) is 0 Å². The van der Waals surface area contributed by atoms with Gasteiger partial charge in [0.15, 0.2) is 0 Å². The second-order valence-corrected chi connectivity index (χ2v) is 2.41. The fourth-order valence-corrected chi connectivity index (χ4v) is 0.923. The number of nitrogens with zero attached hydrogens (tertiary/aromatic N) is 1. The molecule has 0 aromatic carbocycles. The van der Waals surface area contributed by atoms with Crippen LogP contribution >= 0.6 is 0 Å². The minimum absolute atomic E-state index is 0.785. The van der Waals surface area contributed by atoms with Crippen LogP contribution < -0.4 is 0 Å². The van der Waals surface area contributed by atoms with Gasteiger partial charge in [0, 0.05) is 26.2 Å². The zero-order valence-corrected chi connectivity index (χ0v) is 6.05. The predicted octanol–water partition coefficient (Wildman–Crippen LogP) is 0.852. The topological polar surface area (TPSA) is 12.5 Å². The Hall–Kier alpha value is -0.500. The maximum atomic E-state index is 5.15. The van der Waals surface area contributed by atoms with Crippen LogP contribution in [0.2, 0.25) is 0 Å². The molecule has 1 heterocycles. The number of hydrogen-bond acceptors (Lipinski definition) is 2. The molecule has 0 bridgehead atoms. The van der Waals surface area contributed by atoms with E-state index in [1.165, 1.54) is 5.70 Å². The van der Waals surface area contributed by atoms with Gasteiger partial charge in [-0.15, -0.1) is 0 Å². The van der Waals surface area contributed by atoms with Gasteiger partial charge in [0.05, 0.1) is 13.2 Å². The fraction of sp³-hybridized carbons (Fsp3) is 0.714. The summed E-state index contributed by atoms with van der Waals surface area (Å²) in [7, 11) is 4.13. The molecule has 0 unspecified atom stereocenters. The first-order valence-corrected chi connectivity index (χ1v) is 3.25. The Balaban J connectivity index is 2.46. The van der Waals surface area contributed by atoms with Gasteiger partial charge in [-0.3, -0.25) is 0 Å². The molecule has 0 aromatic rings. The average Bonchev–Trinajstić information content (AvgIpc) is 1.90. The average molecular weight is 127 g/mol. The first kappa shape index (κ1) is 6.62. The van der Waals surface area contributed by atoms with E-state index < -0.39 is 0 Å². The molecule has 0 saturated heterocycles. The maximum absolute atomic E-state index is 5.15. The molecule has 0 saturated carbocycles. The largest absolute Gasteiger partial charge is 0.381 e. The van der Waals surface area contributed by atoms with Crippen LogP contribution in [0.5, 0.6) is 0 Å². The van der Waals surface area contributed by atoms with Crippen LogP contribution in [0.25, 0.3) is 0 Å². The normalized spacial score (nSPS) is 19.1. The van der Waals surface area contributed by atoms with E-state index in [9.17, 15) is 0 Å². The Morgan fingerprint density at radius 2 is 2.33 bits per heavy atom. The minimum atomic E-state index is 0.785. The summed E-state index contributed by atoms with van der Waals surface area (Å²) in [6.45, 7) is 1.66. The molecule has 0 fully saturated rings. The van der Waals surface area contributed by atoms with E-state index in [-0.39, 0.29) is 0 Å². The van der Waals surface area contributed by atoms with Crippen LogP contribution in [-0.4, -0.2) is 32.2 Å². The van der Waals surface area contributed by atoms with Crippen LogP contribution in [0.15, 0.2) is 11.8 Å². The first-order valence-electron chi connectivity index (χ1n) is 3.25. The van der Waals surface area contributed by atoms with E-state index in [1.54, 1.807) is 0 Å². The zero-order chi connectivity index (χ0) is 6.69. The minimum Gasteiger partial charge on any atom is -0.381 e. The quantitative estimate of drug-likeness (QED) is 0.518. The third-order valence-corrected chi connectivity index (χ3v) is 1.51. The monoisotopic (exact) mass is 127 g/mol. The molecule has 9 heavy (non-hydrogen) atoms. The van der Waals surface area contributed by atoms with Crippen molar-refractivity contribution in [1.82, 2.24) is 4.90 Å². The first-order chi connectivity index (χ1) is 4.30. The SMILES string of the molecule is CN(C)C1=CCOCC1. The molecule has 0 radical (unpaired) electrons. The van der Waals surface area contributed by atoms with Crippen molar-refractivity contribution in [1.29, 1.82) is 0 Å². The van der Waals surface area contributed by atoms with Crippen molar-refractivity contribution in [3.05, 3.63) is 11.8 Å². The number of ether oxygens (including phenoxy) is 1. The summed E-state index contributed by atoms with van der Waals surface area (Å²) >= 11 is 0. The molecule has 2 nitrogen and oxygen atoms in total. The zero-order valence-electron chi connectivity index (χ0n) is 6.05. The van der Waals surface area contributed by atoms with Gasteiger partial charge >= 0.3 is 0 Å². The second kappa shape index (κ2) is 2.87. The maximum Gasteiger partial charge on any atom is 0.0667 e. The Morgan fingerprint density at radius 1 is 1.56 bits per heavy atom. The Labute approximate surface area is 56.1 Å². The van der Waals surface area contributed by atoms with Gasteiger partial charge in [-0.25, -0.2) is 0 Å². The molecule has 0 aromatic heterocycles. The third-order valence-electron chi connectivity index (χ3n) is 1.51. The highest BCUT2D eigenvalue weighted by molar-refractivity contribution is 5.01. The van der Waals surface area contributed by atoms with E-state index in [0.717, 1.165) is 19.6 Å². The molecule has 0 spiro atoms. The third kappa shape index (κ3) is 1.72. The van der Waals surface area contributed by atoms with Crippen LogP contribution in [0.3, 0.4) is 0 Å². The van der Waals surface area contributed by atoms with E-state index in [2.05, 4.69) is 25.1 Å². The molecule has 0 atom stereocenters. The van der Waals surface area contributed by atoms with E-state index in [0.29, 0.717) is 0 Å². The molecule has 1 aliphatic rings. The Kier molecular flexibility index (Phi) is 2.11. The molecular weight excluding hydrogens is 114 g/mol. The molecule has 52 valence electrons. The highest BCUT2D eigenvalue weighted by atomic mass is 16.5. The summed E-state index contributed by atoms with van der Waals surface area (Å²) in [5.74, 6) is 0. The smallest absolute Gasteiger partial charge is 0.0667 e. The van der Waals surface area contributed by atoms with Gasteiger partial charge in [-0.2, -0.15) is 0 Å². The van der Waals surface area contributed by atoms with Crippen molar-refractivity contribution in [3.8, 4) is 0 Å². The standard InChI is InChI=1S/C7H13NO/c1-8(2)7-3-5-9-6-4-7/h3H,4-6H2,1-2H3. The molecule has 2 heteroatoms. The molecule has 0 aliphatic carbocycles. The van der Waals surface area contributed by atoms with Crippen LogP contribution in [0, 0.1) is 0 Å². The lowest BCUT2D eigenvalue weighted by Crippen LogP contribution is -2.17. The van der Waals surface area contributed by atoms with E-state index >= 15 is 0 Å². The van der Waals surface area contributed by atoms with Crippen molar-refractivity contribution in [3.63, 3.8) is 0 Å². The highest BCUT2D eigenvalue weighted by Gasteiger charge is 2.03. The molecule has 0 amide bonds. The van der Waals surface area contributed by atoms with Crippen molar-refractivity contribution >= 4 is 0 Å². The summed E-state index contributed by atoms with van der Waals surface area (Å²) in [6.07, 6.45) is 3.19. The van der Waals surface area contributed by atoms with Gasteiger partial charge in [-0.1, -0.05) is 0 Å². The second-order valence-electron chi connectivity index (χ2n) is 2.41. The van der Waals surface area contributed by atoms with E-state index in [1.807, 2.05) is 0 Å². The van der Waals surface area contributed by atoms with Crippen molar-refractivity contribution in [2.24, 2.45) is 0 Å². The van der Waals surface area contributed by atoms with Gasteiger partial charge in [0.1, 0.15) is 0 Å². The predicted molar refractivity (Wildman–Crippen MR) is 37.2 cm³/mol. The number of hydrogen-bond donors (Lipinski definition) is 0. The fourth-order valence-electron chi connectivity index (χ4n) is 0.923. The van der Waals surface area contributed by atoms with Crippen LogP contribution in [-0.2, 0) is 4.74 Å². The van der Waals surface area contributed by atoms with Crippen LogP contribution in [0.1, 0.15) is 6.42 Å². The molecule has 1 aliphatic heterocycles. The summed E-state index contributed by atoms with van der Waals surface area (Å²) in [6, 6.07) is 0. The lowest BCUT2D eigenvalue weighted by molar-refractivity contribution is 0.145. The Bertz CT molecular complexity index is 118. The van der Waals surface area contributed by atoms with Crippen molar-refractivity contribution < 1.29 is 4.74 Å². The molecular formula is C7H13NO. The van der Waals surface area contributed by atoms with E-state index in [4.69, 9.17) is 4.74 Å². The van der Waals surface area contributed by atoms with Crippen molar-refractivity contribution in [2.75, 3.05) is 27.3 Å². The van der Waals surface area contributed by atoms with Crippen LogP contribution in [0.4, 0.5) is 0 Å².